The van der Waals surface area contributed by atoms with Crippen LogP contribution >= 0.6 is 11.3 Å². The molecule has 1 atom stereocenters. The normalized spacial score (nSPS) is 11.9. The van der Waals surface area contributed by atoms with Crippen LogP contribution in [0, 0.1) is 11.3 Å². The fourth-order valence-electron chi connectivity index (χ4n) is 3.60. The molecule has 31 heavy (non-hydrogen) atoms. The topological polar surface area (TPSA) is 94.7 Å². The Hall–Kier alpha value is -3.34. The van der Waals surface area contributed by atoms with E-state index in [1.54, 1.807) is 0 Å². The number of aliphatic hydroxyl groups is 1. The molecule has 0 saturated carbocycles. The fraction of sp³-hybridized carbons (Fsp3) is 0.250. The van der Waals surface area contributed by atoms with E-state index < -0.39 is 0 Å². The summed E-state index contributed by atoms with van der Waals surface area (Å²) >= 11 is 1.53. The van der Waals surface area contributed by atoms with E-state index in [4.69, 9.17) is 0 Å². The smallest absolute Gasteiger partial charge is 0.205 e. The Morgan fingerprint density at radius 3 is 2.71 bits per heavy atom. The van der Waals surface area contributed by atoms with Crippen LogP contribution in [0.2, 0.25) is 0 Å². The van der Waals surface area contributed by atoms with Gasteiger partial charge >= 0.3 is 0 Å². The third-order valence-corrected chi connectivity index (χ3v) is 6.32. The maximum atomic E-state index is 9.44. The zero-order valence-electron chi connectivity index (χ0n) is 17.2. The molecule has 0 aliphatic heterocycles. The number of aromatic nitrogens is 3. The number of hydrogen-bond donors (Lipinski definition) is 2. The molecule has 0 amide bonds. The van der Waals surface area contributed by atoms with Gasteiger partial charge in [0.1, 0.15) is 16.8 Å². The second kappa shape index (κ2) is 9.65. The summed E-state index contributed by atoms with van der Waals surface area (Å²) in [5.74, 6) is 0.240. The first-order valence-electron chi connectivity index (χ1n) is 10.3. The van der Waals surface area contributed by atoms with Crippen molar-refractivity contribution in [2.75, 3.05) is 11.9 Å². The van der Waals surface area contributed by atoms with Gasteiger partial charge in [-0.3, -0.25) is 0 Å². The van der Waals surface area contributed by atoms with Crippen LogP contribution in [-0.2, 0) is 6.54 Å². The predicted molar refractivity (Wildman–Crippen MR) is 124 cm³/mol. The molecular weight excluding hydrogens is 406 g/mol. The lowest BCUT2D eigenvalue weighted by molar-refractivity contribution is 0.273. The Morgan fingerprint density at radius 1 is 1.13 bits per heavy atom. The molecule has 0 radical (unpaired) electrons. The van der Waals surface area contributed by atoms with Crippen LogP contribution in [0.5, 0.6) is 0 Å². The molecule has 2 N–H and O–H groups in total. The highest BCUT2D eigenvalue weighted by molar-refractivity contribution is 7.15. The van der Waals surface area contributed by atoms with Crippen molar-refractivity contribution in [2.45, 2.75) is 32.2 Å². The minimum absolute atomic E-state index is 0.153. The first kappa shape index (κ1) is 20.9. The highest BCUT2D eigenvalue weighted by atomic mass is 32.1. The highest BCUT2D eigenvalue weighted by Crippen LogP contribution is 2.30. The standard InChI is InChI=1S/C24H23N5OS/c1-2-17(10-11-30)23-28-29-24(31-23)26-15-16-8-9-20-21(18-6-4-3-5-7-18)13-19(14-25)27-22(20)12-16/h3-9,12-13,17,30H,2,10-11,15H2,1H3,(H,26,29). The number of benzene rings is 2. The van der Waals surface area contributed by atoms with Gasteiger partial charge in [0.15, 0.2) is 0 Å². The summed E-state index contributed by atoms with van der Waals surface area (Å²) in [6, 6.07) is 20.2. The quantitative estimate of drug-likeness (QED) is 0.404. The minimum Gasteiger partial charge on any atom is -0.396 e. The molecule has 0 bridgehead atoms. The molecule has 2 heterocycles. The third-order valence-electron chi connectivity index (χ3n) is 5.28. The first-order chi connectivity index (χ1) is 15.2. The molecule has 7 heteroatoms. The summed E-state index contributed by atoms with van der Waals surface area (Å²) in [6.45, 7) is 2.83. The van der Waals surface area contributed by atoms with Gasteiger partial charge < -0.3 is 10.4 Å². The monoisotopic (exact) mass is 429 g/mol. The van der Waals surface area contributed by atoms with Crippen molar-refractivity contribution in [2.24, 2.45) is 0 Å². The number of nitriles is 1. The van der Waals surface area contributed by atoms with Gasteiger partial charge in [-0.2, -0.15) is 5.26 Å². The van der Waals surface area contributed by atoms with Crippen LogP contribution in [-0.4, -0.2) is 26.9 Å². The number of fused-ring (bicyclic) bond motifs is 1. The zero-order chi connectivity index (χ0) is 21.6. The van der Waals surface area contributed by atoms with E-state index in [-0.39, 0.29) is 12.5 Å². The molecule has 156 valence electrons. The first-order valence-corrected chi connectivity index (χ1v) is 11.1. The van der Waals surface area contributed by atoms with Crippen LogP contribution in [0.15, 0.2) is 54.6 Å². The molecule has 0 saturated heterocycles. The van der Waals surface area contributed by atoms with Crippen molar-refractivity contribution in [3.63, 3.8) is 0 Å². The van der Waals surface area contributed by atoms with E-state index in [9.17, 15) is 10.4 Å². The lowest BCUT2D eigenvalue weighted by Gasteiger charge is -2.10. The molecule has 2 aromatic carbocycles. The van der Waals surface area contributed by atoms with Gasteiger partial charge in [-0.1, -0.05) is 60.7 Å². The number of pyridine rings is 1. The second-order valence-electron chi connectivity index (χ2n) is 7.30. The van der Waals surface area contributed by atoms with E-state index in [0.29, 0.717) is 18.7 Å². The van der Waals surface area contributed by atoms with Gasteiger partial charge in [0.05, 0.1) is 5.52 Å². The minimum atomic E-state index is 0.153. The van der Waals surface area contributed by atoms with Crippen molar-refractivity contribution in [1.82, 2.24) is 15.2 Å². The fourth-order valence-corrected chi connectivity index (χ4v) is 4.56. The Kier molecular flexibility index (Phi) is 6.51. The van der Waals surface area contributed by atoms with E-state index >= 15 is 0 Å². The maximum absolute atomic E-state index is 9.44. The number of rotatable bonds is 8. The van der Waals surface area contributed by atoms with Crippen LogP contribution < -0.4 is 5.32 Å². The van der Waals surface area contributed by atoms with Crippen molar-refractivity contribution in [1.29, 1.82) is 5.26 Å². The SMILES string of the molecule is CCC(CCO)c1nnc(NCc2ccc3c(-c4ccccc4)cc(C#N)nc3c2)s1. The van der Waals surface area contributed by atoms with Gasteiger partial charge in [-0.05, 0) is 41.7 Å². The summed E-state index contributed by atoms with van der Waals surface area (Å²) in [5.41, 5.74) is 4.31. The van der Waals surface area contributed by atoms with E-state index in [0.717, 1.165) is 44.2 Å². The van der Waals surface area contributed by atoms with Crippen molar-refractivity contribution < 1.29 is 5.11 Å². The van der Waals surface area contributed by atoms with Crippen molar-refractivity contribution >= 4 is 27.4 Å². The summed E-state index contributed by atoms with van der Waals surface area (Å²) < 4.78 is 0. The van der Waals surface area contributed by atoms with Crippen LogP contribution in [0.3, 0.4) is 0 Å². The van der Waals surface area contributed by atoms with E-state index in [1.165, 1.54) is 11.3 Å². The van der Waals surface area contributed by atoms with Gasteiger partial charge in [0.25, 0.3) is 0 Å². The molecule has 0 fully saturated rings. The summed E-state index contributed by atoms with van der Waals surface area (Å²) in [5, 5.41) is 33.2. The molecular formula is C24H23N5OS. The molecule has 0 spiro atoms. The summed E-state index contributed by atoms with van der Waals surface area (Å²) in [7, 11) is 0. The molecule has 4 rings (SSSR count). The van der Waals surface area contributed by atoms with Crippen LogP contribution in [0.4, 0.5) is 5.13 Å². The zero-order valence-corrected chi connectivity index (χ0v) is 18.1. The largest absolute Gasteiger partial charge is 0.396 e. The highest BCUT2D eigenvalue weighted by Gasteiger charge is 2.15. The Bertz CT molecular complexity index is 1220. The van der Waals surface area contributed by atoms with E-state index in [1.807, 2.05) is 42.5 Å². The van der Waals surface area contributed by atoms with Gasteiger partial charge in [-0.15, -0.1) is 10.2 Å². The molecule has 0 aliphatic rings. The second-order valence-corrected chi connectivity index (χ2v) is 8.31. The third kappa shape index (κ3) is 4.71. The molecule has 1 unspecified atom stereocenters. The van der Waals surface area contributed by atoms with Gasteiger partial charge in [-0.25, -0.2) is 4.98 Å². The van der Waals surface area contributed by atoms with E-state index in [2.05, 4.69) is 45.6 Å². The van der Waals surface area contributed by atoms with Gasteiger partial charge in [0, 0.05) is 24.5 Å². The lowest BCUT2D eigenvalue weighted by Crippen LogP contribution is -1.99. The number of hydrogen-bond acceptors (Lipinski definition) is 7. The molecule has 0 aliphatic carbocycles. The van der Waals surface area contributed by atoms with Crippen molar-refractivity contribution in [3.05, 3.63) is 70.9 Å². The lowest BCUT2D eigenvalue weighted by atomic mass is 9.99. The molecule has 4 aromatic rings. The Labute approximate surface area is 185 Å². The van der Waals surface area contributed by atoms with Gasteiger partial charge in [0.2, 0.25) is 5.13 Å². The number of anilines is 1. The Morgan fingerprint density at radius 2 is 1.97 bits per heavy atom. The summed E-state index contributed by atoms with van der Waals surface area (Å²) in [6.07, 6.45) is 1.63. The van der Waals surface area contributed by atoms with Crippen molar-refractivity contribution in [3.8, 4) is 17.2 Å². The average Bonchev–Trinajstić information content (AvgIpc) is 3.29. The Balaban J connectivity index is 1.57. The molecule has 6 nitrogen and oxygen atoms in total. The van der Waals surface area contributed by atoms with Crippen LogP contribution in [0.25, 0.3) is 22.0 Å². The number of aliphatic hydroxyl groups excluding tert-OH is 1. The summed E-state index contributed by atoms with van der Waals surface area (Å²) in [4.78, 5) is 4.52. The maximum Gasteiger partial charge on any atom is 0.205 e. The predicted octanol–water partition coefficient (Wildman–Crippen LogP) is 5.11. The molecule has 2 aromatic heterocycles. The number of nitrogens with one attached hydrogen (secondary N) is 1. The number of nitrogens with zero attached hydrogens (tertiary/aromatic N) is 4. The average molecular weight is 430 g/mol. The van der Waals surface area contributed by atoms with Crippen LogP contribution in [0.1, 0.15) is 41.9 Å².